The maximum absolute atomic E-state index is 12.0. The SMILES string of the molecule is CC(C)CNC(CCNC(=O)CCCCc1ccc2c(n1)NCCC2)C(=O)O. The Kier molecular flexibility index (Phi) is 9.20. The topological polar surface area (TPSA) is 103 Å². The number of unbranched alkanes of at least 4 members (excludes halogenated alkanes) is 1. The van der Waals surface area contributed by atoms with E-state index in [1.165, 1.54) is 5.56 Å². The van der Waals surface area contributed by atoms with Crippen LogP contribution in [0.1, 0.15) is 57.2 Å². The Morgan fingerprint density at radius 1 is 1.29 bits per heavy atom. The fourth-order valence-corrected chi connectivity index (χ4v) is 3.23. The number of aromatic nitrogens is 1. The van der Waals surface area contributed by atoms with Crippen LogP contribution in [0, 0.1) is 5.92 Å². The van der Waals surface area contributed by atoms with Gasteiger partial charge in [-0.25, -0.2) is 4.98 Å². The molecule has 28 heavy (non-hydrogen) atoms. The Labute approximate surface area is 167 Å². The van der Waals surface area contributed by atoms with Gasteiger partial charge in [0, 0.05) is 25.2 Å². The van der Waals surface area contributed by atoms with E-state index in [-0.39, 0.29) is 5.91 Å². The Balaban J connectivity index is 1.60. The molecule has 7 heteroatoms. The van der Waals surface area contributed by atoms with Gasteiger partial charge >= 0.3 is 5.97 Å². The molecule has 1 aromatic heterocycles. The van der Waals surface area contributed by atoms with E-state index in [0.29, 0.717) is 31.8 Å². The second-order valence-corrected chi connectivity index (χ2v) is 7.88. The number of carboxylic acids is 1. The summed E-state index contributed by atoms with van der Waals surface area (Å²) in [6, 6.07) is 3.62. The number of anilines is 1. The van der Waals surface area contributed by atoms with Crippen LogP contribution in [0.4, 0.5) is 5.82 Å². The largest absolute Gasteiger partial charge is 0.480 e. The molecular formula is C21H34N4O3. The molecule has 0 saturated heterocycles. The van der Waals surface area contributed by atoms with E-state index in [2.05, 4.69) is 33.1 Å². The monoisotopic (exact) mass is 390 g/mol. The first kappa shape index (κ1) is 22.1. The summed E-state index contributed by atoms with van der Waals surface area (Å²) in [7, 11) is 0. The maximum Gasteiger partial charge on any atom is 0.320 e. The van der Waals surface area contributed by atoms with E-state index < -0.39 is 12.0 Å². The van der Waals surface area contributed by atoms with Crippen LogP contribution in [0.2, 0.25) is 0 Å². The number of aliphatic carboxylic acids is 1. The average Bonchev–Trinajstić information content (AvgIpc) is 2.67. The summed E-state index contributed by atoms with van der Waals surface area (Å²) in [6.07, 6.45) is 5.66. The van der Waals surface area contributed by atoms with Crippen molar-refractivity contribution in [3.63, 3.8) is 0 Å². The highest BCUT2D eigenvalue weighted by Crippen LogP contribution is 2.20. The zero-order valence-electron chi connectivity index (χ0n) is 17.1. The van der Waals surface area contributed by atoms with Gasteiger partial charge < -0.3 is 21.1 Å². The summed E-state index contributed by atoms with van der Waals surface area (Å²) in [6.45, 7) is 6.07. The van der Waals surface area contributed by atoms with Crippen molar-refractivity contribution < 1.29 is 14.7 Å². The average molecular weight is 391 g/mol. The first-order chi connectivity index (χ1) is 13.5. The van der Waals surface area contributed by atoms with Crippen LogP contribution in [0.5, 0.6) is 0 Å². The van der Waals surface area contributed by atoms with Crippen LogP contribution < -0.4 is 16.0 Å². The first-order valence-corrected chi connectivity index (χ1v) is 10.4. The van der Waals surface area contributed by atoms with Crippen molar-refractivity contribution in [2.75, 3.05) is 25.0 Å². The zero-order valence-corrected chi connectivity index (χ0v) is 17.1. The summed E-state index contributed by atoms with van der Waals surface area (Å²) in [5.74, 6) is 0.507. The van der Waals surface area contributed by atoms with E-state index in [9.17, 15) is 14.7 Å². The van der Waals surface area contributed by atoms with Crippen LogP contribution >= 0.6 is 0 Å². The molecule has 0 aromatic carbocycles. The van der Waals surface area contributed by atoms with Gasteiger partial charge in [-0.1, -0.05) is 19.9 Å². The molecule has 1 aliphatic heterocycles. The molecule has 156 valence electrons. The predicted molar refractivity (Wildman–Crippen MR) is 110 cm³/mol. The highest BCUT2D eigenvalue weighted by atomic mass is 16.4. The molecule has 1 amide bonds. The minimum Gasteiger partial charge on any atom is -0.480 e. The molecular weight excluding hydrogens is 356 g/mol. The van der Waals surface area contributed by atoms with Crippen LogP contribution in [-0.2, 0) is 22.4 Å². The van der Waals surface area contributed by atoms with Gasteiger partial charge in [0.1, 0.15) is 11.9 Å². The molecule has 1 unspecified atom stereocenters. The number of rotatable bonds is 12. The number of aryl methyl sites for hydroxylation is 2. The van der Waals surface area contributed by atoms with Crippen molar-refractivity contribution in [2.24, 2.45) is 5.92 Å². The van der Waals surface area contributed by atoms with Crippen molar-refractivity contribution >= 4 is 17.7 Å². The lowest BCUT2D eigenvalue weighted by molar-refractivity contribution is -0.139. The van der Waals surface area contributed by atoms with Gasteiger partial charge in [-0.3, -0.25) is 9.59 Å². The maximum atomic E-state index is 12.0. The lowest BCUT2D eigenvalue weighted by atomic mass is 10.1. The lowest BCUT2D eigenvalue weighted by Gasteiger charge is -2.17. The van der Waals surface area contributed by atoms with Gasteiger partial charge in [0.25, 0.3) is 0 Å². The van der Waals surface area contributed by atoms with Crippen molar-refractivity contribution in [1.82, 2.24) is 15.6 Å². The second kappa shape index (κ2) is 11.6. The molecule has 1 atom stereocenters. The molecule has 0 bridgehead atoms. The molecule has 2 rings (SSSR count). The molecule has 0 radical (unpaired) electrons. The molecule has 0 fully saturated rings. The molecule has 1 aromatic rings. The van der Waals surface area contributed by atoms with Crippen molar-refractivity contribution in [1.29, 1.82) is 0 Å². The fraction of sp³-hybridized carbons (Fsp3) is 0.667. The number of carbonyl (C=O) groups is 2. The quantitative estimate of drug-likeness (QED) is 0.409. The smallest absolute Gasteiger partial charge is 0.320 e. The third kappa shape index (κ3) is 7.84. The van der Waals surface area contributed by atoms with Gasteiger partial charge in [-0.05, 0) is 62.6 Å². The Morgan fingerprint density at radius 3 is 2.86 bits per heavy atom. The van der Waals surface area contributed by atoms with Crippen molar-refractivity contribution in [3.8, 4) is 0 Å². The highest BCUT2D eigenvalue weighted by Gasteiger charge is 2.17. The number of hydrogen-bond acceptors (Lipinski definition) is 5. The molecule has 2 heterocycles. The van der Waals surface area contributed by atoms with Gasteiger partial charge in [-0.15, -0.1) is 0 Å². The fourth-order valence-electron chi connectivity index (χ4n) is 3.23. The minimum atomic E-state index is -0.873. The number of pyridine rings is 1. The summed E-state index contributed by atoms with van der Waals surface area (Å²) < 4.78 is 0. The van der Waals surface area contributed by atoms with Gasteiger partial charge in [0.15, 0.2) is 0 Å². The molecule has 0 spiro atoms. The van der Waals surface area contributed by atoms with E-state index in [1.807, 2.05) is 13.8 Å². The van der Waals surface area contributed by atoms with Crippen molar-refractivity contribution in [3.05, 3.63) is 23.4 Å². The van der Waals surface area contributed by atoms with E-state index in [0.717, 1.165) is 50.2 Å². The van der Waals surface area contributed by atoms with Crippen LogP contribution in [0.15, 0.2) is 12.1 Å². The summed E-state index contributed by atoms with van der Waals surface area (Å²) >= 11 is 0. The molecule has 0 saturated carbocycles. The number of amides is 1. The summed E-state index contributed by atoms with van der Waals surface area (Å²) in [5.41, 5.74) is 2.35. The number of nitrogens with one attached hydrogen (secondary N) is 3. The second-order valence-electron chi connectivity index (χ2n) is 7.88. The Bertz CT molecular complexity index is 649. The van der Waals surface area contributed by atoms with Crippen LogP contribution in [-0.4, -0.2) is 47.6 Å². The first-order valence-electron chi connectivity index (χ1n) is 10.4. The zero-order chi connectivity index (χ0) is 20.4. The normalized spacial score (nSPS) is 14.2. The number of fused-ring (bicyclic) bond motifs is 1. The van der Waals surface area contributed by atoms with E-state index >= 15 is 0 Å². The highest BCUT2D eigenvalue weighted by molar-refractivity contribution is 5.76. The summed E-state index contributed by atoms with van der Waals surface area (Å²) in [5, 5.41) is 18.4. The number of carbonyl (C=O) groups excluding carboxylic acids is 1. The number of hydrogen-bond donors (Lipinski definition) is 4. The third-order valence-electron chi connectivity index (χ3n) is 4.86. The molecule has 0 aliphatic carbocycles. The van der Waals surface area contributed by atoms with E-state index in [1.54, 1.807) is 0 Å². The van der Waals surface area contributed by atoms with Crippen LogP contribution in [0.25, 0.3) is 0 Å². The van der Waals surface area contributed by atoms with E-state index in [4.69, 9.17) is 0 Å². The van der Waals surface area contributed by atoms with Crippen molar-refractivity contribution in [2.45, 2.75) is 64.8 Å². The summed E-state index contributed by atoms with van der Waals surface area (Å²) in [4.78, 5) is 27.9. The van der Waals surface area contributed by atoms with Gasteiger partial charge in [-0.2, -0.15) is 0 Å². The molecule has 7 nitrogen and oxygen atoms in total. The predicted octanol–water partition coefficient (Wildman–Crippen LogP) is 2.36. The number of carboxylic acid groups (broad SMARTS) is 1. The molecule has 4 N–H and O–H groups in total. The minimum absolute atomic E-state index is 0.0203. The Morgan fingerprint density at radius 2 is 2.11 bits per heavy atom. The Hall–Kier alpha value is -2.15. The standard InChI is InChI=1S/C21H34N4O3/c1-15(2)14-24-18(21(27)28)11-13-22-19(26)8-4-3-7-17-10-9-16-6-5-12-23-20(16)25-17/h9-10,15,18,24H,3-8,11-14H2,1-2H3,(H,22,26)(H,23,25)(H,27,28). The van der Waals surface area contributed by atoms with Crippen LogP contribution in [0.3, 0.4) is 0 Å². The van der Waals surface area contributed by atoms with Gasteiger partial charge in [0.05, 0.1) is 0 Å². The van der Waals surface area contributed by atoms with Gasteiger partial charge in [0.2, 0.25) is 5.91 Å². The lowest BCUT2D eigenvalue weighted by Crippen LogP contribution is -2.41. The molecule has 1 aliphatic rings. The third-order valence-corrected chi connectivity index (χ3v) is 4.86. The number of nitrogens with zero attached hydrogens (tertiary/aromatic N) is 1.